The minimum Gasteiger partial charge on any atom is -0.372 e. The van der Waals surface area contributed by atoms with Gasteiger partial charge in [0.05, 0.1) is 25.1 Å². The molecule has 1 aromatic heterocycles. The summed E-state index contributed by atoms with van der Waals surface area (Å²) in [7, 11) is 0. The molecule has 3 rings (SSSR count). The van der Waals surface area contributed by atoms with Gasteiger partial charge in [-0.3, -0.25) is 9.59 Å². The predicted octanol–water partition coefficient (Wildman–Crippen LogP) is 0.329. The van der Waals surface area contributed by atoms with Crippen LogP contribution in [0.2, 0.25) is 0 Å². The number of nitrogens with zero attached hydrogens (tertiary/aromatic N) is 3. The summed E-state index contributed by atoms with van der Waals surface area (Å²) in [6.45, 7) is 3.98. The van der Waals surface area contributed by atoms with E-state index in [1.165, 1.54) is 12.8 Å². The quantitative estimate of drug-likeness (QED) is 0.821. The van der Waals surface area contributed by atoms with Crippen LogP contribution in [0, 0.1) is 5.92 Å². The molecule has 2 amide bonds. The number of amides is 2. The molecule has 0 bridgehead atoms. The average Bonchev–Trinajstić information content (AvgIpc) is 3.24. The highest BCUT2D eigenvalue weighted by Gasteiger charge is 2.33. The molecular weight excluding hydrogens is 284 g/mol. The van der Waals surface area contributed by atoms with Crippen LogP contribution in [0.5, 0.6) is 0 Å². The number of rotatable bonds is 6. The summed E-state index contributed by atoms with van der Waals surface area (Å²) in [5.41, 5.74) is 0.877. The summed E-state index contributed by atoms with van der Waals surface area (Å²) in [4.78, 5) is 30.4. The molecule has 7 nitrogen and oxygen atoms in total. The Balaban J connectivity index is 1.68. The summed E-state index contributed by atoms with van der Waals surface area (Å²) in [6.07, 6.45) is 5.77. The van der Waals surface area contributed by atoms with E-state index in [2.05, 4.69) is 10.3 Å². The number of carbonyl (C=O) groups is 2. The van der Waals surface area contributed by atoms with Crippen LogP contribution in [-0.2, 0) is 20.9 Å². The number of aromatic nitrogens is 2. The Labute approximate surface area is 129 Å². The van der Waals surface area contributed by atoms with Gasteiger partial charge in [0.25, 0.3) is 0 Å². The number of carbonyl (C=O) groups excluding carboxylic acids is 2. The number of hydrogen-bond donors (Lipinski definition) is 1. The lowest BCUT2D eigenvalue weighted by atomic mass is 10.1. The maximum atomic E-state index is 12.4. The Kier molecular flexibility index (Phi) is 4.42. The van der Waals surface area contributed by atoms with Gasteiger partial charge in [-0.05, 0) is 25.7 Å². The third-order valence-electron chi connectivity index (χ3n) is 4.18. The van der Waals surface area contributed by atoms with Crippen molar-refractivity contribution in [3.63, 3.8) is 0 Å². The molecule has 0 saturated heterocycles. The molecule has 1 aromatic rings. The first kappa shape index (κ1) is 15.0. The van der Waals surface area contributed by atoms with Crippen LogP contribution < -0.4 is 5.32 Å². The molecule has 2 aliphatic rings. The summed E-state index contributed by atoms with van der Waals surface area (Å²) in [5, 5.41) is 2.99. The Morgan fingerprint density at radius 3 is 3.00 bits per heavy atom. The van der Waals surface area contributed by atoms with Gasteiger partial charge < -0.3 is 19.5 Å². The highest BCUT2D eigenvalue weighted by molar-refractivity contribution is 5.83. The van der Waals surface area contributed by atoms with E-state index < -0.39 is 6.04 Å². The van der Waals surface area contributed by atoms with E-state index in [0.717, 1.165) is 12.2 Å². The molecule has 1 aliphatic heterocycles. The zero-order valence-corrected chi connectivity index (χ0v) is 12.8. The van der Waals surface area contributed by atoms with E-state index in [4.69, 9.17) is 4.74 Å². The van der Waals surface area contributed by atoms with Crippen LogP contribution in [0.1, 0.15) is 31.5 Å². The van der Waals surface area contributed by atoms with Gasteiger partial charge in [0.2, 0.25) is 11.8 Å². The Morgan fingerprint density at radius 1 is 1.45 bits per heavy atom. The van der Waals surface area contributed by atoms with Gasteiger partial charge in [-0.25, -0.2) is 4.98 Å². The molecule has 7 heteroatoms. The lowest BCUT2D eigenvalue weighted by Gasteiger charge is -2.33. The third kappa shape index (κ3) is 3.30. The first-order valence-electron chi connectivity index (χ1n) is 7.83. The van der Waals surface area contributed by atoms with Crippen LogP contribution >= 0.6 is 0 Å². The van der Waals surface area contributed by atoms with Crippen molar-refractivity contribution in [1.29, 1.82) is 0 Å². The summed E-state index contributed by atoms with van der Waals surface area (Å²) in [5.74, 6) is 0.500. The van der Waals surface area contributed by atoms with Gasteiger partial charge in [-0.1, -0.05) is 0 Å². The van der Waals surface area contributed by atoms with Crippen molar-refractivity contribution in [2.75, 3.05) is 26.3 Å². The van der Waals surface area contributed by atoms with Gasteiger partial charge in [0.1, 0.15) is 12.6 Å². The van der Waals surface area contributed by atoms with Crippen LogP contribution in [0.4, 0.5) is 0 Å². The van der Waals surface area contributed by atoms with Crippen LogP contribution in [0.25, 0.3) is 0 Å². The van der Waals surface area contributed by atoms with E-state index in [0.29, 0.717) is 25.6 Å². The highest BCUT2D eigenvalue weighted by atomic mass is 16.5. The zero-order chi connectivity index (χ0) is 15.5. The standard InChI is InChI=1S/C15H22N4O3/c1-2-22-9-14(20)18-7-12-6-16-10-19(12)13(8-18)15(21)17-5-11-3-4-11/h6,10-11,13H,2-5,7-9H2,1H3,(H,17,21)/t13-/m0/s1. The first-order valence-corrected chi connectivity index (χ1v) is 7.83. The van der Waals surface area contributed by atoms with Gasteiger partial charge in [-0.2, -0.15) is 0 Å². The van der Waals surface area contributed by atoms with E-state index in [1.54, 1.807) is 17.4 Å². The van der Waals surface area contributed by atoms with Crippen molar-refractivity contribution in [1.82, 2.24) is 19.8 Å². The molecular formula is C15H22N4O3. The average molecular weight is 306 g/mol. The second-order valence-corrected chi connectivity index (χ2v) is 5.91. The van der Waals surface area contributed by atoms with Crippen molar-refractivity contribution in [3.8, 4) is 0 Å². The molecule has 1 aliphatic carbocycles. The highest BCUT2D eigenvalue weighted by Crippen LogP contribution is 2.28. The predicted molar refractivity (Wildman–Crippen MR) is 78.9 cm³/mol. The lowest BCUT2D eigenvalue weighted by molar-refractivity contribution is -0.139. The summed E-state index contributed by atoms with van der Waals surface area (Å²) < 4.78 is 7.05. The Hall–Kier alpha value is -1.89. The second-order valence-electron chi connectivity index (χ2n) is 5.91. The number of ether oxygens (including phenoxy) is 1. The van der Waals surface area contributed by atoms with Crippen LogP contribution in [-0.4, -0.2) is 52.6 Å². The fourth-order valence-electron chi connectivity index (χ4n) is 2.66. The van der Waals surface area contributed by atoms with Crippen molar-refractivity contribution in [2.24, 2.45) is 5.92 Å². The molecule has 0 spiro atoms. The smallest absolute Gasteiger partial charge is 0.249 e. The van der Waals surface area contributed by atoms with Gasteiger partial charge in [-0.15, -0.1) is 0 Å². The minimum absolute atomic E-state index is 0.0416. The summed E-state index contributed by atoms with van der Waals surface area (Å²) in [6, 6.07) is -0.407. The van der Waals surface area contributed by atoms with Crippen molar-refractivity contribution in [2.45, 2.75) is 32.4 Å². The van der Waals surface area contributed by atoms with Crippen molar-refractivity contribution >= 4 is 11.8 Å². The molecule has 1 atom stereocenters. The molecule has 0 unspecified atom stereocenters. The molecule has 0 radical (unpaired) electrons. The first-order chi connectivity index (χ1) is 10.7. The Bertz CT molecular complexity index is 553. The normalized spacial score (nSPS) is 20.6. The monoisotopic (exact) mass is 306 g/mol. The molecule has 120 valence electrons. The van der Waals surface area contributed by atoms with Crippen LogP contribution in [0.15, 0.2) is 12.5 Å². The number of fused-ring (bicyclic) bond motifs is 1. The van der Waals surface area contributed by atoms with Gasteiger partial charge in [0.15, 0.2) is 0 Å². The van der Waals surface area contributed by atoms with Gasteiger partial charge in [0, 0.05) is 19.3 Å². The van der Waals surface area contributed by atoms with Crippen molar-refractivity contribution < 1.29 is 14.3 Å². The maximum Gasteiger partial charge on any atom is 0.249 e. The SMILES string of the molecule is CCOCC(=O)N1Cc2cncn2[C@H](C(=O)NCC2CC2)C1. The van der Waals surface area contributed by atoms with E-state index >= 15 is 0 Å². The number of hydrogen-bond acceptors (Lipinski definition) is 4. The fourth-order valence-corrected chi connectivity index (χ4v) is 2.66. The van der Waals surface area contributed by atoms with Crippen LogP contribution in [0.3, 0.4) is 0 Å². The van der Waals surface area contributed by atoms with E-state index in [9.17, 15) is 9.59 Å². The molecule has 2 heterocycles. The summed E-state index contributed by atoms with van der Waals surface area (Å²) >= 11 is 0. The zero-order valence-electron chi connectivity index (χ0n) is 12.8. The lowest BCUT2D eigenvalue weighted by Crippen LogP contribution is -2.47. The topological polar surface area (TPSA) is 76.5 Å². The fraction of sp³-hybridized carbons (Fsp3) is 0.667. The number of nitrogens with one attached hydrogen (secondary N) is 1. The second kappa shape index (κ2) is 6.48. The van der Waals surface area contributed by atoms with Gasteiger partial charge >= 0.3 is 0 Å². The maximum absolute atomic E-state index is 12.4. The minimum atomic E-state index is -0.407. The largest absolute Gasteiger partial charge is 0.372 e. The van der Waals surface area contributed by atoms with E-state index in [-0.39, 0.29) is 18.4 Å². The molecule has 0 aromatic carbocycles. The van der Waals surface area contributed by atoms with E-state index in [1.807, 2.05) is 11.5 Å². The Morgan fingerprint density at radius 2 is 2.27 bits per heavy atom. The van der Waals surface area contributed by atoms with Crippen molar-refractivity contribution in [3.05, 3.63) is 18.2 Å². The molecule has 22 heavy (non-hydrogen) atoms. The third-order valence-corrected chi connectivity index (χ3v) is 4.18. The molecule has 1 N–H and O–H groups in total. The molecule has 1 saturated carbocycles. The number of imidazole rings is 1. The molecule has 1 fully saturated rings.